The zero-order valence-corrected chi connectivity index (χ0v) is 12.7. The Balaban J connectivity index is 2.06. The molecule has 0 spiro atoms. The molecule has 0 saturated carbocycles. The molecule has 102 valence electrons. The maximum atomic E-state index is 5.96. The van der Waals surface area contributed by atoms with Crippen LogP contribution >= 0.6 is 22.9 Å². The van der Waals surface area contributed by atoms with Crippen LogP contribution in [0.15, 0.2) is 35.8 Å². The Labute approximate surface area is 123 Å². The van der Waals surface area contributed by atoms with Gasteiger partial charge in [-0.15, -0.1) is 11.3 Å². The summed E-state index contributed by atoms with van der Waals surface area (Å²) in [5.41, 5.74) is 1.32. The van der Waals surface area contributed by atoms with E-state index in [4.69, 9.17) is 11.6 Å². The number of rotatable bonds is 7. The smallest absolute Gasteiger partial charge is 0.0931 e. The van der Waals surface area contributed by atoms with Crippen molar-refractivity contribution in [3.63, 3.8) is 0 Å². The summed E-state index contributed by atoms with van der Waals surface area (Å²) < 4.78 is 0. The molecule has 1 unspecified atom stereocenters. The molecular formula is C15H19ClN2S. The Bertz CT molecular complexity index is 467. The lowest BCUT2D eigenvalue weighted by Gasteiger charge is -2.17. The minimum atomic E-state index is 0.454. The molecule has 1 heterocycles. The van der Waals surface area contributed by atoms with E-state index in [1.807, 2.05) is 23.7 Å². The number of benzene rings is 1. The van der Waals surface area contributed by atoms with Gasteiger partial charge < -0.3 is 5.32 Å². The standard InChI is InChI=1S/C15H19ClN2S/c1-2-7-17-11-13(10-15-18-8-9-19-15)12-3-5-14(16)6-4-12/h3-6,8-9,13,17H,2,7,10-11H2,1H3. The van der Waals surface area contributed by atoms with Crippen molar-refractivity contribution in [2.75, 3.05) is 13.1 Å². The molecule has 0 fully saturated rings. The number of hydrogen-bond donors (Lipinski definition) is 1. The van der Waals surface area contributed by atoms with Gasteiger partial charge in [0.25, 0.3) is 0 Å². The van der Waals surface area contributed by atoms with Gasteiger partial charge in [-0.2, -0.15) is 0 Å². The highest BCUT2D eigenvalue weighted by atomic mass is 35.5. The highest BCUT2D eigenvalue weighted by Crippen LogP contribution is 2.23. The van der Waals surface area contributed by atoms with Gasteiger partial charge in [-0.05, 0) is 30.7 Å². The molecule has 0 bridgehead atoms. The van der Waals surface area contributed by atoms with Crippen LogP contribution < -0.4 is 5.32 Å². The Morgan fingerprint density at radius 2 is 2.11 bits per heavy atom. The first kappa shape index (κ1) is 14.5. The second-order valence-corrected chi connectivity index (χ2v) is 6.00. The zero-order chi connectivity index (χ0) is 13.5. The largest absolute Gasteiger partial charge is 0.316 e. The number of hydrogen-bond acceptors (Lipinski definition) is 3. The Kier molecular flexibility index (Phi) is 5.83. The molecule has 19 heavy (non-hydrogen) atoms. The van der Waals surface area contributed by atoms with E-state index in [-0.39, 0.29) is 0 Å². The van der Waals surface area contributed by atoms with E-state index >= 15 is 0 Å². The summed E-state index contributed by atoms with van der Waals surface area (Å²) in [6, 6.07) is 8.17. The lowest BCUT2D eigenvalue weighted by atomic mass is 9.96. The van der Waals surface area contributed by atoms with Gasteiger partial charge in [0, 0.05) is 35.5 Å². The molecule has 0 amide bonds. The molecule has 2 rings (SSSR count). The van der Waals surface area contributed by atoms with E-state index in [1.165, 1.54) is 10.6 Å². The fraction of sp³-hybridized carbons (Fsp3) is 0.400. The number of halogens is 1. The van der Waals surface area contributed by atoms with Gasteiger partial charge in [0.2, 0.25) is 0 Å². The van der Waals surface area contributed by atoms with Gasteiger partial charge in [-0.3, -0.25) is 0 Å². The highest BCUT2D eigenvalue weighted by molar-refractivity contribution is 7.09. The van der Waals surface area contributed by atoms with Gasteiger partial charge >= 0.3 is 0 Å². The molecular weight excluding hydrogens is 276 g/mol. The lowest BCUT2D eigenvalue weighted by Crippen LogP contribution is -2.23. The van der Waals surface area contributed by atoms with Crippen molar-refractivity contribution in [3.05, 3.63) is 51.4 Å². The van der Waals surface area contributed by atoms with Crippen molar-refractivity contribution in [3.8, 4) is 0 Å². The minimum absolute atomic E-state index is 0.454. The summed E-state index contributed by atoms with van der Waals surface area (Å²) in [5, 5.41) is 7.52. The van der Waals surface area contributed by atoms with Gasteiger partial charge in [0.15, 0.2) is 0 Å². The number of nitrogens with one attached hydrogen (secondary N) is 1. The first-order valence-corrected chi connectivity index (χ1v) is 7.90. The molecule has 4 heteroatoms. The van der Waals surface area contributed by atoms with Crippen LogP contribution in [0.4, 0.5) is 0 Å². The quantitative estimate of drug-likeness (QED) is 0.777. The normalized spacial score (nSPS) is 12.5. The van der Waals surface area contributed by atoms with Crippen molar-refractivity contribution >= 4 is 22.9 Å². The summed E-state index contributed by atoms with van der Waals surface area (Å²) in [7, 11) is 0. The van der Waals surface area contributed by atoms with E-state index in [0.29, 0.717) is 5.92 Å². The van der Waals surface area contributed by atoms with Crippen LogP contribution in [-0.4, -0.2) is 18.1 Å². The molecule has 0 aliphatic carbocycles. The van der Waals surface area contributed by atoms with Crippen LogP contribution in [0.1, 0.15) is 29.8 Å². The summed E-state index contributed by atoms with van der Waals surface area (Å²) in [6.45, 7) is 4.22. The van der Waals surface area contributed by atoms with Gasteiger partial charge in [-0.25, -0.2) is 4.98 Å². The fourth-order valence-corrected chi connectivity index (χ4v) is 2.88. The van der Waals surface area contributed by atoms with Gasteiger partial charge in [0.05, 0.1) is 5.01 Å². The van der Waals surface area contributed by atoms with Crippen molar-refractivity contribution in [1.82, 2.24) is 10.3 Å². The van der Waals surface area contributed by atoms with Crippen molar-refractivity contribution in [2.45, 2.75) is 25.7 Å². The van der Waals surface area contributed by atoms with Crippen LogP contribution in [0.5, 0.6) is 0 Å². The average Bonchev–Trinajstić information content (AvgIpc) is 2.92. The van der Waals surface area contributed by atoms with Gasteiger partial charge in [-0.1, -0.05) is 30.7 Å². The number of nitrogens with zero attached hydrogens (tertiary/aromatic N) is 1. The third kappa shape index (κ3) is 4.60. The van der Waals surface area contributed by atoms with E-state index in [9.17, 15) is 0 Å². The predicted molar refractivity (Wildman–Crippen MR) is 83.2 cm³/mol. The van der Waals surface area contributed by atoms with Crippen LogP contribution in [0, 0.1) is 0 Å². The molecule has 2 nitrogen and oxygen atoms in total. The molecule has 1 N–H and O–H groups in total. The van der Waals surface area contributed by atoms with Crippen molar-refractivity contribution in [2.24, 2.45) is 0 Å². The predicted octanol–water partition coefficient (Wildman–Crippen LogP) is 4.12. The maximum absolute atomic E-state index is 5.96. The SMILES string of the molecule is CCCNCC(Cc1nccs1)c1ccc(Cl)cc1. The van der Waals surface area contributed by atoms with Gasteiger partial charge in [0.1, 0.15) is 0 Å². The lowest BCUT2D eigenvalue weighted by molar-refractivity contribution is 0.575. The molecule has 2 aromatic rings. The first-order chi connectivity index (χ1) is 9.29. The van der Waals surface area contributed by atoms with Crippen molar-refractivity contribution < 1.29 is 0 Å². The van der Waals surface area contributed by atoms with Crippen LogP contribution in [0.25, 0.3) is 0 Å². The minimum Gasteiger partial charge on any atom is -0.316 e. The summed E-state index contributed by atoms with van der Waals surface area (Å²) in [4.78, 5) is 4.39. The van der Waals surface area contributed by atoms with E-state index in [0.717, 1.165) is 31.0 Å². The summed E-state index contributed by atoms with van der Waals surface area (Å²) >= 11 is 7.68. The Hall–Kier alpha value is -0.900. The fourth-order valence-electron chi connectivity index (χ4n) is 2.06. The summed E-state index contributed by atoms with van der Waals surface area (Å²) in [6.07, 6.45) is 4.01. The molecule has 1 aromatic heterocycles. The topological polar surface area (TPSA) is 24.9 Å². The van der Waals surface area contributed by atoms with Crippen LogP contribution in [0.2, 0.25) is 5.02 Å². The van der Waals surface area contributed by atoms with E-state index in [2.05, 4.69) is 29.4 Å². The highest BCUT2D eigenvalue weighted by Gasteiger charge is 2.13. The summed E-state index contributed by atoms with van der Waals surface area (Å²) in [5.74, 6) is 0.454. The third-order valence-corrected chi connectivity index (χ3v) is 4.12. The number of aromatic nitrogens is 1. The monoisotopic (exact) mass is 294 g/mol. The van der Waals surface area contributed by atoms with Crippen molar-refractivity contribution in [1.29, 1.82) is 0 Å². The average molecular weight is 295 g/mol. The third-order valence-electron chi connectivity index (χ3n) is 3.06. The molecule has 1 atom stereocenters. The Morgan fingerprint density at radius 3 is 2.74 bits per heavy atom. The van der Waals surface area contributed by atoms with Crippen LogP contribution in [-0.2, 0) is 6.42 Å². The molecule has 0 saturated heterocycles. The molecule has 1 aromatic carbocycles. The molecule has 0 radical (unpaired) electrons. The molecule has 0 aliphatic rings. The zero-order valence-electron chi connectivity index (χ0n) is 11.1. The second kappa shape index (κ2) is 7.63. The van der Waals surface area contributed by atoms with E-state index < -0.39 is 0 Å². The Morgan fingerprint density at radius 1 is 1.32 bits per heavy atom. The second-order valence-electron chi connectivity index (χ2n) is 4.58. The maximum Gasteiger partial charge on any atom is 0.0931 e. The first-order valence-electron chi connectivity index (χ1n) is 6.64. The number of thiazole rings is 1. The van der Waals surface area contributed by atoms with Crippen LogP contribution in [0.3, 0.4) is 0 Å². The van der Waals surface area contributed by atoms with E-state index in [1.54, 1.807) is 11.3 Å². The molecule has 0 aliphatic heterocycles.